The first-order valence-electron chi connectivity index (χ1n) is 6.01. The highest BCUT2D eigenvalue weighted by Gasteiger charge is 2.41. The highest BCUT2D eigenvalue weighted by Crippen LogP contribution is 2.42. The van der Waals surface area contributed by atoms with E-state index in [9.17, 15) is 0 Å². The molecule has 1 aliphatic heterocycles. The largest absolute Gasteiger partial charge is 0.375 e. The smallest absolute Gasteiger partial charge is 0.0700 e. The first-order valence-corrected chi connectivity index (χ1v) is 6.01. The SMILES string of the molecule is CC1CCC2(CC(N)CCO2)CC1C. The number of hydrogen-bond acceptors (Lipinski definition) is 2. The molecule has 0 radical (unpaired) electrons. The minimum absolute atomic E-state index is 0.156. The van der Waals surface area contributed by atoms with E-state index in [2.05, 4.69) is 13.8 Å². The quantitative estimate of drug-likeness (QED) is 0.647. The van der Waals surface area contributed by atoms with Crippen molar-refractivity contribution in [3.63, 3.8) is 0 Å². The van der Waals surface area contributed by atoms with Crippen molar-refractivity contribution in [2.75, 3.05) is 6.61 Å². The Bertz CT molecular complexity index is 206. The third-order valence-electron chi connectivity index (χ3n) is 4.25. The molecule has 2 fully saturated rings. The summed E-state index contributed by atoms with van der Waals surface area (Å²) in [6, 6.07) is 0.379. The maximum absolute atomic E-state index is 6.04. The van der Waals surface area contributed by atoms with Crippen LogP contribution in [-0.4, -0.2) is 18.2 Å². The number of rotatable bonds is 0. The standard InChI is InChI=1S/C12H23NO/c1-9-3-5-12(7-10(9)2)8-11(13)4-6-14-12/h9-11H,3-8,13H2,1-2H3. The lowest BCUT2D eigenvalue weighted by molar-refractivity contribution is -0.122. The van der Waals surface area contributed by atoms with E-state index in [1.54, 1.807) is 0 Å². The highest BCUT2D eigenvalue weighted by atomic mass is 16.5. The Morgan fingerprint density at radius 2 is 1.93 bits per heavy atom. The van der Waals surface area contributed by atoms with Gasteiger partial charge in [0.2, 0.25) is 0 Å². The zero-order valence-electron chi connectivity index (χ0n) is 9.46. The molecule has 14 heavy (non-hydrogen) atoms. The maximum Gasteiger partial charge on any atom is 0.0700 e. The van der Waals surface area contributed by atoms with Crippen molar-refractivity contribution in [2.45, 2.75) is 57.6 Å². The fraction of sp³-hybridized carbons (Fsp3) is 1.00. The van der Waals surface area contributed by atoms with Gasteiger partial charge in [0.25, 0.3) is 0 Å². The molecule has 1 saturated heterocycles. The van der Waals surface area contributed by atoms with Crippen LogP contribution in [-0.2, 0) is 4.74 Å². The molecule has 1 heterocycles. The summed E-state index contributed by atoms with van der Waals surface area (Å²) in [6.07, 6.45) is 5.90. The van der Waals surface area contributed by atoms with E-state index in [1.807, 2.05) is 0 Å². The van der Waals surface area contributed by atoms with Crippen LogP contribution in [0.4, 0.5) is 0 Å². The summed E-state index contributed by atoms with van der Waals surface area (Å²) >= 11 is 0. The zero-order valence-corrected chi connectivity index (χ0v) is 9.46. The van der Waals surface area contributed by atoms with E-state index >= 15 is 0 Å². The van der Waals surface area contributed by atoms with Gasteiger partial charge in [-0.25, -0.2) is 0 Å². The fourth-order valence-corrected chi connectivity index (χ4v) is 3.05. The first kappa shape index (κ1) is 10.4. The van der Waals surface area contributed by atoms with Gasteiger partial charge >= 0.3 is 0 Å². The van der Waals surface area contributed by atoms with E-state index in [0.29, 0.717) is 6.04 Å². The molecule has 1 spiro atoms. The van der Waals surface area contributed by atoms with Gasteiger partial charge in [-0.15, -0.1) is 0 Å². The molecule has 0 aromatic carbocycles. The molecule has 4 unspecified atom stereocenters. The van der Waals surface area contributed by atoms with Crippen LogP contribution < -0.4 is 5.73 Å². The molecule has 2 rings (SSSR count). The topological polar surface area (TPSA) is 35.2 Å². The molecule has 0 amide bonds. The summed E-state index contributed by atoms with van der Waals surface area (Å²) in [6.45, 7) is 5.59. The Hall–Kier alpha value is -0.0800. The van der Waals surface area contributed by atoms with Crippen molar-refractivity contribution in [1.82, 2.24) is 0 Å². The van der Waals surface area contributed by atoms with Crippen LogP contribution in [0.3, 0.4) is 0 Å². The maximum atomic E-state index is 6.04. The molecule has 2 N–H and O–H groups in total. The molecule has 0 bridgehead atoms. The summed E-state index contributed by atoms with van der Waals surface area (Å²) in [5.74, 6) is 1.66. The van der Waals surface area contributed by atoms with E-state index in [1.165, 1.54) is 19.3 Å². The third-order valence-corrected chi connectivity index (χ3v) is 4.25. The van der Waals surface area contributed by atoms with Crippen LogP contribution in [0.1, 0.15) is 46.0 Å². The molecule has 82 valence electrons. The second-order valence-corrected chi connectivity index (χ2v) is 5.48. The van der Waals surface area contributed by atoms with Gasteiger partial charge in [0.1, 0.15) is 0 Å². The molecule has 1 aliphatic carbocycles. The van der Waals surface area contributed by atoms with Crippen molar-refractivity contribution in [3.05, 3.63) is 0 Å². The minimum atomic E-state index is 0.156. The normalized spacial score (nSPS) is 49.5. The van der Waals surface area contributed by atoms with E-state index < -0.39 is 0 Å². The summed E-state index contributed by atoms with van der Waals surface area (Å²) in [5, 5.41) is 0. The Balaban J connectivity index is 2.01. The monoisotopic (exact) mass is 197 g/mol. The predicted octanol–water partition coefficient (Wildman–Crippen LogP) is 2.32. The first-order chi connectivity index (χ1) is 6.61. The molecule has 2 aliphatic rings. The molecular weight excluding hydrogens is 174 g/mol. The molecule has 2 nitrogen and oxygen atoms in total. The van der Waals surface area contributed by atoms with Crippen molar-refractivity contribution < 1.29 is 4.74 Å². The Kier molecular flexibility index (Phi) is 2.85. The second-order valence-electron chi connectivity index (χ2n) is 5.48. The molecule has 2 heteroatoms. The van der Waals surface area contributed by atoms with Gasteiger partial charge in [0, 0.05) is 12.6 Å². The molecule has 0 aromatic heterocycles. The summed E-state index contributed by atoms with van der Waals surface area (Å²) in [7, 11) is 0. The van der Waals surface area contributed by atoms with Crippen molar-refractivity contribution in [3.8, 4) is 0 Å². The number of nitrogens with two attached hydrogens (primary N) is 1. The van der Waals surface area contributed by atoms with Crippen molar-refractivity contribution in [2.24, 2.45) is 17.6 Å². The lowest BCUT2D eigenvalue weighted by Gasteiger charge is -2.46. The van der Waals surface area contributed by atoms with Crippen molar-refractivity contribution in [1.29, 1.82) is 0 Å². The summed E-state index contributed by atoms with van der Waals surface area (Å²) in [5.41, 5.74) is 6.20. The van der Waals surface area contributed by atoms with Gasteiger partial charge in [-0.05, 0) is 43.9 Å². The highest BCUT2D eigenvalue weighted by molar-refractivity contribution is 4.94. The average molecular weight is 197 g/mol. The lowest BCUT2D eigenvalue weighted by Crippen LogP contribution is -2.48. The van der Waals surface area contributed by atoms with Crippen LogP contribution in [0.25, 0.3) is 0 Å². The molecule has 0 aromatic rings. The summed E-state index contributed by atoms with van der Waals surface area (Å²) < 4.78 is 6.02. The predicted molar refractivity (Wildman–Crippen MR) is 58.1 cm³/mol. The number of hydrogen-bond donors (Lipinski definition) is 1. The van der Waals surface area contributed by atoms with Crippen LogP contribution in [0.5, 0.6) is 0 Å². The lowest BCUT2D eigenvalue weighted by atomic mass is 9.70. The van der Waals surface area contributed by atoms with E-state index in [-0.39, 0.29) is 5.60 Å². The Morgan fingerprint density at radius 1 is 1.14 bits per heavy atom. The average Bonchev–Trinajstić information content (AvgIpc) is 2.12. The molecular formula is C12H23NO. The van der Waals surface area contributed by atoms with Gasteiger partial charge in [-0.1, -0.05) is 13.8 Å². The summed E-state index contributed by atoms with van der Waals surface area (Å²) in [4.78, 5) is 0. The molecule has 1 saturated carbocycles. The van der Waals surface area contributed by atoms with Crippen LogP contribution in [0, 0.1) is 11.8 Å². The van der Waals surface area contributed by atoms with E-state index in [4.69, 9.17) is 10.5 Å². The Morgan fingerprint density at radius 3 is 2.57 bits per heavy atom. The Labute approximate surface area is 87.2 Å². The van der Waals surface area contributed by atoms with Gasteiger partial charge in [-0.2, -0.15) is 0 Å². The van der Waals surface area contributed by atoms with Crippen LogP contribution >= 0.6 is 0 Å². The minimum Gasteiger partial charge on any atom is -0.375 e. The van der Waals surface area contributed by atoms with Crippen molar-refractivity contribution >= 4 is 0 Å². The van der Waals surface area contributed by atoms with E-state index in [0.717, 1.165) is 31.3 Å². The number of ether oxygens (including phenoxy) is 1. The van der Waals surface area contributed by atoms with Gasteiger partial charge in [0.15, 0.2) is 0 Å². The van der Waals surface area contributed by atoms with Crippen LogP contribution in [0.15, 0.2) is 0 Å². The zero-order chi connectivity index (χ0) is 10.2. The third kappa shape index (κ3) is 1.96. The van der Waals surface area contributed by atoms with Gasteiger partial charge < -0.3 is 10.5 Å². The fourth-order valence-electron chi connectivity index (χ4n) is 3.05. The second kappa shape index (κ2) is 3.82. The van der Waals surface area contributed by atoms with Crippen LogP contribution in [0.2, 0.25) is 0 Å². The van der Waals surface area contributed by atoms with Gasteiger partial charge in [-0.3, -0.25) is 0 Å². The van der Waals surface area contributed by atoms with Gasteiger partial charge in [0.05, 0.1) is 5.60 Å². The molecule has 4 atom stereocenters.